The summed E-state index contributed by atoms with van der Waals surface area (Å²) in [7, 11) is 0. The van der Waals surface area contributed by atoms with Crippen molar-refractivity contribution >= 4 is 15.9 Å². The molecule has 0 radical (unpaired) electrons. The summed E-state index contributed by atoms with van der Waals surface area (Å²) in [6.45, 7) is 2.31. The molecule has 0 aliphatic heterocycles. The molecule has 2 rings (SSSR count). The Morgan fingerprint density at radius 2 is 1.81 bits per heavy atom. The van der Waals surface area contributed by atoms with Crippen LogP contribution in [0.3, 0.4) is 0 Å². The molecule has 0 spiro atoms. The van der Waals surface area contributed by atoms with E-state index in [2.05, 4.69) is 53.2 Å². The molecule has 0 saturated heterocycles. The topological polar surface area (TPSA) is 0 Å². The van der Waals surface area contributed by atoms with E-state index >= 15 is 0 Å². The predicted molar refractivity (Wildman–Crippen MR) is 97.1 cm³/mol. The van der Waals surface area contributed by atoms with E-state index in [0.717, 1.165) is 5.92 Å². The molecule has 1 aliphatic rings. The highest BCUT2D eigenvalue weighted by Crippen LogP contribution is 2.45. The van der Waals surface area contributed by atoms with Gasteiger partial charge in [-0.1, -0.05) is 72.4 Å². The lowest BCUT2D eigenvalue weighted by Gasteiger charge is -2.39. The van der Waals surface area contributed by atoms with Crippen molar-refractivity contribution in [3.8, 4) is 0 Å². The molecular formula is C20H31Br. The van der Waals surface area contributed by atoms with E-state index in [4.69, 9.17) is 0 Å². The molecule has 118 valence electrons. The zero-order valence-electron chi connectivity index (χ0n) is 13.6. The molecule has 1 saturated carbocycles. The van der Waals surface area contributed by atoms with Gasteiger partial charge in [0.15, 0.2) is 0 Å². The number of hydrogen-bond donors (Lipinski definition) is 0. The largest absolute Gasteiger partial charge is 0.0922 e. The van der Waals surface area contributed by atoms with Crippen LogP contribution in [0.15, 0.2) is 30.3 Å². The summed E-state index contributed by atoms with van der Waals surface area (Å²) in [5.74, 6) is 1.02. The minimum Gasteiger partial charge on any atom is -0.0922 e. The Hall–Kier alpha value is -0.300. The van der Waals surface area contributed by atoms with Gasteiger partial charge in [0.05, 0.1) is 0 Å². The molecule has 21 heavy (non-hydrogen) atoms. The van der Waals surface area contributed by atoms with E-state index in [-0.39, 0.29) is 0 Å². The van der Waals surface area contributed by atoms with Crippen LogP contribution in [0.5, 0.6) is 0 Å². The summed E-state index contributed by atoms with van der Waals surface area (Å²) in [4.78, 5) is 0. The molecule has 1 heteroatoms. The van der Waals surface area contributed by atoms with Crippen molar-refractivity contribution in [1.82, 2.24) is 0 Å². The SMILES string of the molecule is CCCCC1CCC(CBr)(CCCc2ccccc2)CC1. The maximum Gasteiger partial charge on any atom is 0.00879 e. The number of rotatable bonds is 8. The first-order chi connectivity index (χ1) is 10.3. The van der Waals surface area contributed by atoms with Gasteiger partial charge < -0.3 is 0 Å². The molecule has 1 aromatic rings. The van der Waals surface area contributed by atoms with Gasteiger partial charge in [-0.2, -0.15) is 0 Å². The Labute approximate surface area is 139 Å². The molecule has 0 aromatic heterocycles. The van der Waals surface area contributed by atoms with Gasteiger partial charge >= 0.3 is 0 Å². The average Bonchev–Trinajstić information content (AvgIpc) is 2.55. The van der Waals surface area contributed by atoms with Crippen molar-refractivity contribution in [1.29, 1.82) is 0 Å². The van der Waals surface area contributed by atoms with Gasteiger partial charge in [-0.25, -0.2) is 0 Å². The van der Waals surface area contributed by atoms with Gasteiger partial charge in [-0.15, -0.1) is 0 Å². The van der Waals surface area contributed by atoms with Crippen LogP contribution < -0.4 is 0 Å². The van der Waals surface area contributed by atoms with Crippen LogP contribution in [0.25, 0.3) is 0 Å². The van der Waals surface area contributed by atoms with Crippen molar-refractivity contribution in [2.75, 3.05) is 5.33 Å². The average molecular weight is 351 g/mol. The van der Waals surface area contributed by atoms with Crippen molar-refractivity contribution < 1.29 is 0 Å². The van der Waals surface area contributed by atoms with Gasteiger partial charge in [-0.05, 0) is 61.8 Å². The highest BCUT2D eigenvalue weighted by Gasteiger charge is 2.33. The fraction of sp³-hybridized carbons (Fsp3) is 0.700. The lowest BCUT2D eigenvalue weighted by molar-refractivity contribution is 0.155. The molecule has 0 nitrogen and oxygen atoms in total. The molecular weight excluding hydrogens is 320 g/mol. The first-order valence-electron chi connectivity index (χ1n) is 8.88. The van der Waals surface area contributed by atoms with Crippen LogP contribution in [-0.4, -0.2) is 5.33 Å². The Morgan fingerprint density at radius 1 is 1.10 bits per heavy atom. The molecule has 0 amide bonds. The second-order valence-electron chi connectivity index (χ2n) is 7.06. The van der Waals surface area contributed by atoms with Crippen molar-refractivity contribution in [3.05, 3.63) is 35.9 Å². The van der Waals surface area contributed by atoms with E-state index in [1.165, 1.54) is 75.1 Å². The molecule has 1 fully saturated rings. The zero-order valence-corrected chi connectivity index (χ0v) is 15.2. The third kappa shape index (κ3) is 5.43. The Bertz CT molecular complexity index is 376. The van der Waals surface area contributed by atoms with Crippen LogP contribution in [0.2, 0.25) is 0 Å². The van der Waals surface area contributed by atoms with E-state index < -0.39 is 0 Å². The van der Waals surface area contributed by atoms with Gasteiger partial charge in [0.2, 0.25) is 0 Å². The van der Waals surface area contributed by atoms with Gasteiger partial charge in [0.1, 0.15) is 0 Å². The van der Waals surface area contributed by atoms with Crippen molar-refractivity contribution in [3.63, 3.8) is 0 Å². The maximum absolute atomic E-state index is 3.83. The van der Waals surface area contributed by atoms with Gasteiger partial charge in [-0.3, -0.25) is 0 Å². The van der Waals surface area contributed by atoms with Crippen LogP contribution in [-0.2, 0) is 6.42 Å². The van der Waals surface area contributed by atoms with Crippen LogP contribution in [0, 0.1) is 11.3 Å². The molecule has 1 aliphatic carbocycles. The second kappa shape index (κ2) is 8.98. The predicted octanol–water partition coefficient (Wildman–Crippen LogP) is 6.77. The summed E-state index contributed by atoms with van der Waals surface area (Å²) in [6, 6.07) is 11.0. The third-order valence-corrected chi connectivity index (χ3v) is 6.62. The Kier molecular flexibility index (Phi) is 7.29. The number of aryl methyl sites for hydroxylation is 1. The summed E-state index contributed by atoms with van der Waals surface area (Å²) in [5, 5.41) is 1.20. The van der Waals surface area contributed by atoms with Crippen LogP contribution in [0.4, 0.5) is 0 Å². The fourth-order valence-electron chi connectivity index (χ4n) is 3.83. The number of unbranched alkanes of at least 4 members (excludes halogenated alkanes) is 1. The minimum absolute atomic E-state index is 0.595. The second-order valence-corrected chi connectivity index (χ2v) is 7.62. The standard InChI is InChI=1S/C20H31Br/c1-2-3-8-19-12-15-20(17-21,16-13-19)14-7-11-18-9-5-4-6-10-18/h4-6,9-10,19H,2-3,7-8,11-17H2,1H3. The van der Waals surface area contributed by atoms with Crippen LogP contribution in [0.1, 0.15) is 70.3 Å². The summed E-state index contributed by atoms with van der Waals surface area (Å²) >= 11 is 3.83. The van der Waals surface area contributed by atoms with Gasteiger partial charge in [0.25, 0.3) is 0 Å². The number of hydrogen-bond acceptors (Lipinski definition) is 0. The number of benzene rings is 1. The van der Waals surface area contributed by atoms with Gasteiger partial charge in [0, 0.05) is 5.33 Å². The summed E-state index contributed by atoms with van der Waals surface area (Å²) < 4.78 is 0. The highest BCUT2D eigenvalue weighted by atomic mass is 79.9. The number of alkyl halides is 1. The molecule has 0 heterocycles. The molecule has 0 unspecified atom stereocenters. The molecule has 0 bridgehead atoms. The highest BCUT2D eigenvalue weighted by molar-refractivity contribution is 9.09. The zero-order chi connectivity index (χ0) is 15.0. The summed E-state index contributed by atoms with van der Waals surface area (Å²) in [6.07, 6.45) is 14.1. The Morgan fingerprint density at radius 3 is 2.43 bits per heavy atom. The monoisotopic (exact) mass is 350 g/mol. The maximum atomic E-state index is 3.83. The van der Waals surface area contributed by atoms with Crippen molar-refractivity contribution in [2.24, 2.45) is 11.3 Å². The van der Waals surface area contributed by atoms with E-state index in [0.29, 0.717) is 5.41 Å². The van der Waals surface area contributed by atoms with Crippen molar-refractivity contribution in [2.45, 2.75) is 71.1 Å². The first kappa shape index (κ1) is 17.1. The quantitative estimate of drug-likeness (QED) is 0.453. The fourth-order valence-corrected chi connectivity index (χ4v) is 4.68. The Balaban J connectivity index is 1.75. The molecule has 1 aromatic carbocycles. The molecule has 0 atom stereocenters. The van der Waals surface area contributed by atoms with E-state index in [1.54, 1.807) is 0 Å². The lowest BCUT2D eigenvalue weighted by atomic mass is 9.68. The first-order valence-corrected chi connectivity index (χ1v) is 10.00. The van der Waals surface area contributed by atoms with E-state index in [9.17, 15) is 0 Å². The smallest absolute Gasteiger partial charge is 0.00879 e. The summed E-state index contributed by atoms with van der Waals surface area (Å²) in [5.41, 5.74) is 2.09. The normalized spacial score (nSPS) is 25.9. The minimum atomic E-state index is 0.595. The van der Waals surface area contributed by atoms with Crippen LogP contribution >= 0.6 is 15.9 Å². The number of halogens is 1. The van der Waals surface area contributed by atoms with E-state index in [1.807, 2.05) is 0 Å². The lowest BCUT2D eigenvalue weighted by Crippen LogP contribution is -2.29. The molecule has 0 N–H and O–H groups in total. The third-order valence-electron chi connectivity index (χ3n) is 5.43.